The van der Waals surface area contributed by atoms with E-state index in [1.165, 1.54) is 24.3 Å². The predicted molar refractivity (Wildman–Crippen MR) is 68.3 cm³/mol. The van der Waals surface area contributed by atoms with Crippen LogP contribution in [0.25, 0.3) is 0 Å². The van der Waals surface area contributed by atoms with Gasteiger partial charge in [-0.15, -0.1) is 0 Å². The van der Waals surface area contributed by atoms with Crippen molar-refractivity contribution in [3.8, 4) is 0 Å². The smallest absolute Gasteiger partial charge is 0.126 e. The van der Waals surface area contributed by atoms with E-state index in [-0.39, 0.29) is 11.9 Å². The van der Waals surface area contributed by atoms with Gasteiger partial charge in [0.25, 0.3) is 0 Å². The van der Waals surface area contributed by atoms with Crippen LogP contribution >= 0.6 is 0 Å². The molecule has 0 aliphatic heterocycles. The third kappa shape index (κ3) is 3.58. The van der Waals surface area contributed by atoms with E-state index in [1.807, 2.05) is 0 Å². The van der Waals surface area contributed by atoms with Gasteiger partial charge in [0.2, 0.25) is 0 Å². The van der Waals surface area contributed by atoms with E-state index >= 15 is 0 Å². The van der Waals surface area contributed by atoms with Crippen LogP contribution < -0.4 is 5.32 Å². The molecule has 0 saturated carbocycles. The lowest BCUT2D eigenvalue weighted by atomic mass is 9.99. The molecule has 0 aliphatic rings. The quantitative estimate of drug-likeness (QED) is 0.890. The average molecular weight is 265 g/mol. The second kappa shape index (κ2) is 5.89. The Morgan fingerprint density at radius 1 is 0.895 bits per heavy atom. The molecule has 0 spiro atoms. The molecule has 0 bridgehead atoms. The second-order valence-corrected chi connectivity index (χ2v) is 4.37. The molecule has 0 amide bonds. The van der Waals surface area contributed by atoms with E-state index in [2.05, 4.69) is 5.32 Å². The number of rotatable bonds is 4. The van der Waals surface area contributed by atoms with Crippen LogP contribution in [0.5, 0.6) is 0 Å². The zero-order valence-corrected chi connectivity index (χ0v) is 10.5. The Hall–Kier alpha value is -1.81. The van der Waals surface area contributed by atoms with Gasteiger partial charge in [0.15, 0.2) is 0 Å². The molecule has 0 aliphatic carbocycles. The lowest BCUT2D eigenvalue weighted by Gasteiger charge is -2.17. The van der Waals surface area contributed by atoms with Crippen molar-refractivity contribution in [3.05, 3.63) is 71.0 Å². The molecular formula is C15H14F3N. The Kier molecular flexibility index (Phi) is 4.22. The number of hydrogen-bond acceptors (Lipinski definition) is 1. The maximum Gasteiger partial charge on any atom is 0.126 e. The molecule has 0 aromatic heterocycles. The first-order valence-electron chi connectivity index (χ1n) is 5.96. The van der Waals surface area contributed by atoms with Crippen molar-refractivity contribution in [1.29, 1.82) is 0 Å². The summed E-state index contributed by atoms with van der Waals surface area (Å²) in [7, 11) is 1.75. The number of benzene rings is 2. The lowest BCUT2D eigenvalue weighted by Crippen LogP contribution is -2.19. The minimum atomic E-state index is -0.594. The van der Waals surface area contributed by atoms with Gasteiger partial charge in [-0.1, -0.05) is 12.1 Å². The summed E-state index contributed by atoms with van der Waals surface area (Å²) < 4.78 is 39.1. The molecule has 0 radical (unpaired) electrons. The molecule has 1 N–H and O–H groups in total. The molecule has 100 valence electrons. The van der Waals surface area contributed by atoms with Gasteiger partial charge in [-0.3, -0.25) is 0 Å². The second-order valence-electron chi connectivity index (χ2n) is 4.37. The minimum Gasteiger partial charge on any atom is -0.313 e. The normalized spacial score (nSPS) is 12.4. The lowest BCUT2D eigenvalue weighted by molar-refractivity contribution is 0.561. The highest BCUT2D eigenvalue weighted by molar-refractivity contribution is 5.25. The van der Waals surface area contributed by atoms with Crippen LogP contribution in [0.3, 0.4) is 0 Å². The Balaban J connectivity index is 2.21. The van der Waals surface area contributed by atoms with Gasteiger partial charge in [-0.2, -0.15) is 0 Å². The molecular weight excluding hydrogens is 251 g/mol. The van der Waals surface area contributed by atoms with Crippen molar-refractivity contribution in [2.45, 2.75) is 12.5 Å². The summed E-state index contributed by atoms with van der Waals surface area (Å²) in [6.07, 6.45) is 0.427. The molecule has 4 heteroatoms. The third-order valence-electron chi connectivity index (χ3n) is 2.98. The molecule has 1 atom stereocenters. The summed E-state index contributed by atoms with van der Waals surface area (Å²) in [6.45, 7) is 0. The van der Waals surface area contributed by atoms with Crippen molar-refractivity contribution in [2.75, 3.05) is 7.05 Å². The van der Waals surface area contributed by atoms with Gasteiger partial charge in [0, 0.05) is 12.1 Å². The summed E-state index contributed by atoms with van der Waals surface area (Å²) in [5, 5.41) is 3.06. The molecule has 0 fully saturated rings. The Morgan fingerprint density at radius 3 is 2.00 bits per heavy atom. The standard InChI is InChI=1S/C15H14F3N/c1-19-15(11-2-4-12(16)5-3-11)8-10-6-13(17)9-14(18)7-10/h2-7,9,15,19H,8H2,1H3. The first-order chi connectivity index (χ1) is 9.08. The Labute approximate surface area is 110 Å². The van der Waals surface area contributed by atoms with Crippen LogP contribution in [0.1, 0.15) is 17.2 Å². The maximum absolute atomic E-state index is 13.1. The van der Waals surface area contributed by atoms with Gasteiger partial charge < -0.3 is 5.32 Å². The van der Waals surface area contributed by atoms with Gasteiger partial charge in [-0.05, 0) is 48.9 Å². The number of likely N-dealkylation sites (N-methyl/N-ethyl adjacent to an activating group) is 1. The van der Waals surface area contributed by atoms with Crippen molar-refractivity contribution in [2.24, 2.45) is 0 Å². The third-order valence-corrected chi connectivity index (χ3v) is 2.98. The fraction of sp³-hybridized carbons (Fsp3) is 0.200. The van der Waals surface area contributed by atoms with Crippen LogP contribution in [0, 0.1) is 17.5 Å². The fourth-order valence-corrected chi connectivity index (χ4v) is 2.05. The highest BCUT2D eigenvalue weighted by Crippen LogP contribution is 2.20. The number of nitrogens with one attached hydrogen (secondary N) is 1. The van der Waals surface area contributed by atoms with Crippen molar-refractivity contribution in [3.63, 3.8) is 0 Å². The van der Waals surface area contributed by atoms with Crippen LogP contribution in [-0.4, -0.2) is 7.05 Å². The monoisotopic (exact) mass is 265 g/mol. The van der Waals surface area contributed by atoms with Gasteiger partial charge in [0.05, 0.1) is 0 Å². The minimum absolute atomic E-state index is 0.123. The molecule has 19 heavy (non-hydrogen) atoms. The topological polar surface area (TPSA) is 12.0 Å². The van der Waals surface area contributed by atoms with Gasteiger partial charge in [-0.25, -0.2) is 13.2 Å². The van der Waals surface area contributed by atoms with E-state index in [0.29, 0.717) is 12.0 Å². The highest BCUT2D eigenvalue weighted by atomic mass is 19.1. The van der Waals surface area contributed by atoms with Crippen LogP contribution in [0.2, 0.25) is 0 Å². The number of halogens is 3. The summed E-state index contributed by atoms with van der Waals surface area (Å²) in [5.74, 6) is -1.50. The Bertz CT molecular complexity index is 532. The van der Waals surface area contributed by atoms with Gasteiger partial charge in [0.1, 0.15) is 17.5 Å². The molecule has 1 unspecified atom stereocenters. The van der Waals surface area contributed by atoms with Crippen LogP contribution in [-0.2, 0) is 6.42 Å². The molecule has 2 aromatic rings. The van der Waals surface area contributed by atoms with E-state index in [4.69, 9.17) is 0 Å². The van der Waals surface area contributed by atoms with Crippen molar-refractivity contribution in [1.82, 2.24) is 5.32 Å². The zero-order chi connectivity index (χ0) is 13.8. The van der Waals surface area contributed by atoms with Crippen LogP contribution in [0.15, 0.2) is 42.5 Å². The molecule has 1 nitrogen and oxygen atoms in total. The van der Waals surface area contributed by atoms with Crippen molar-refractivity contribution < 1.29 is 13.2 Å². The summed E-state index contributed by atoms with van der Waals surface area (Å²) >= 11 is 0. The summed E-state index contributed by atoms with van der Waals surface area (Å²) in [6, 6.07) is 9.38. The van der Waals surface area contributed by atoms with E-state index in [0.717, 1.165) is 11.6 Å². The fourth-order valence-electron chi connectivity index (χ4n) is 2.05. The zero-order valence-electron chi connectivity index (χ0n) is 10.5. The summed E-state index contributed by atoms with van der Waals surface area (Å²) in [5.41, 5.74) is 1.43. The average Bonchev–Trinajstić information content (AvgIpc) is 2.36. The predicted octanol–water partition coefficient (Wildman–Crippen LogP) is 3.61. The molecule has 2 rings (SSSR count). The molecule has 0 saturated heterocycles. The number of hydrogen-bond donors (Lipinski definition) is 1. The van der Waals surface area contributed by atoms with Crippen LogP contribution in [0.4, 0.5) is 13.2 Å². The molecule has 0 heterocycles. The van der Waals surface area contributed by atoms with E-state index < -0.39 is 11.6 Å². The van der Waals surface area contributed by atoms with E-state index in [1.54, 1.807) is 19.2 Å². The first kappa shape index (κ1) is 13.6. The Morgan fingerprint density at radius 2 is 1.47 bits per heavy atom. The van der Waals surface area contributed by atoms with E-state index in [9.17, 15) is 13.2 Å². The summed E-state index contributed by atoms with van der Waals surface area (Å²) in [4.78, 5) is 0. The SMILES string of the molecule is CNC(Cc1cc(F)cc(F)c1)c1ccc(F)cc1. The molecule has 2 aromatic carbocycles. The largest absolute Gasteiger partial charge is 0.313 e. The highest BCUT2D eigenvalue weighted by Gasteiger charge is 2.11. The van der Waals surface area contributed by atoms with Gasteiger partial charge >= 0.3 is 0 Å². The van der Waals surface area contributed by atoms with Crippen molar-refractivity contribution >= 4 is 0 Å². The maximum atomic E-state index is 13.1. The first-order valence-corrected chi connectivity index (χ1v) is 5.96.